The maximum absolute atomic E-state index is 6.50. The zero-order valence-electron chi connectivity index (χ0n) is 11.3. The van der Waals surface area contributed by atoms with E-state index in [4.69, 9.17) is 11.6 Å². The minimum absolute atomic E-state index is 0.885. The van der Waals surface area contributed by atoms with Gasteiger partial charge >= 0.3 is 0 Å². The van der Waals surface area contributed by atoms with E-state index < -0.39 is 0 Å². The van der Waals surface area contributed by atoms with E-state index in [-0.39, 0.29) is 0 Å². The van der Waals surface area contributed by atoms with E-state index >= 15 is 0 Å². The molecule has 0 saturated heterocycles. The van der Waals surface area contributed by atoms with Crippen LogP contribution in [0.25, 0.3) is 21.2 Å². The lowest BCUT2D eigenvalue weighted by atomic mass is 9.93. The summed E-state index contributed by atoms with van der Waals surface area (Å²) >= 11 is 8.17. The molecule has 0 aliphatic heterocycles. The van der Waals surface area contributed by atoms with E-state index in [2.05, 4.69) is 57.2 Å². The van der Waals surface area contributed by atoms with Gasteiger partial charge in [0, 0.05) is 15.6 Å². The van der Waals surface area contributed by atoms with Crippen LogP contribution in [-0.2, 0) is 0 Å². The average Bonchev–Trinajstić information content (AvgIpc) is 2.65. The number of thiophene rings is 1. The lowest BCUT2D eigenvalue weighted by molar-refractivity contribution is 1.33. The third kappa shape index (κ3) is 2.07. The lowest BCUT2D eigenvalue weighted by Gasteiger charge is -2.11. The van der Waals surface area contributed by atoms with Crippen molar-refractivity contribution < 1.29 is 0 Å². The second-order valence-corrected chi connectivity index (χ2v) is 6.67. The zero-order valence-corrected chi connectivity index (χ0v) is 12.8. The van der Waals surface area contributed by atoms with Crippen molar-refractivity contribution in [3.63, 3.8) is 0 Å². The molecule has 0 radical (unpaired) electrons. The maximum Gasteiger partial charge on any atom is 0.102 e. The quantitative estimate of drug-likeness (QED) is 0.503. The van der Waals surface area contributed by atoms with Gasteiger partial charge in [-0.25, -0.2) is 0 Å². The van der Waals surface area contributed by atoms with Crippen molar-refractivity contribution in [1.82, 2.24) is 0 Å². The summed E-state index contributed by atoms with van der Waals surface area (Å²) in [6.45, 7) is 6.47. The second-order valence-electron chi connectivity index (χ2n) is 5.02. The van der Waals surface area contributed by atoms with Gasteiger partial charge in [-0.3, -0.25) is 0 Å². The minimum Gasteiger partial charge on any atom is -0.123 e. The van der Waals surface area contributed by atoms with Crippen LogP contribution in [-0.4, -0.2) is 0 Å². The van der Waals surface area contributed by atoms with E-state index in [0.717, 1.165) is 4.34 Å². The Morgan fingerprint density at radius 1 is 0.895 bits per heavy atom. The third-order valence-electron chi connectivity index (χ3n) is 3.48. The van der Waals surface area contributed by atoms with Crippen LogP contribution in [0.5, 0.6) is 0 Å². The topological polar surface area (TPSA) is 0 Å². The Balaban J connectivity index is 2.40. The molecule has 2 aromatic carbocycles. The number of hydrogen-bond acceptors (Lipinski definition) is 1. The Hall–Kier alpha value is -1.31. The number of rotatable bonds is 1. The lowest BCUT2D eigenvalue weighted by Crippen LogP contribution is -1.89. The molecular formula is C17H15ClS. The molecule has 0 unspecified atom stereocenters. The smallest absolute Gasteiger partial charge is 0.102 e. The molecule has 0 amide bonds. The van der Waals surface area contributed by atoms with E-state index in [1.807, 2.05) is 0 Å². The first-order valence-electron chi connectivity index (χ1n) is 6.33. The van der Waals surface area contributed by atoms with Gasteiger partial charge in [0.05, 0.1) is 0 Å². The van der Waals surface area contributed by atoms with Gasteiger partial charge in [-0.1, -0.05) is 47.5 Å². The number of halogens is 1. The zero-order chi connectivity index (χ0) is 13.6. The monoisotopic (exact) mass is 286 g/mol. The van der Waals surface area contributed by atoms with E-state index in [0.29, 0.717) is 0 Å². The summed E-state index contributed by atoms with van der Waals surface area (Å²) < 4.78 is 2.14. The van der Waals surface area contributed by atoms with Gasteiger partial charge in [0.1, 0.15) is 4.34 Å². The van der Waals surface area contributed by atoms with Gasteiger partial charge in [0.15, 0.2) is 0 Å². The van der Waals surface area contributed by atoms with Crippen LogP contribution >= 0.6 is 22.9 Å². The first-order valence-corrected chi connectivity index (χ1v) is 7.52. The van der Waals surface area contributed by atoms with Gasteiger partial charge < -0.3 is 0 Å². The Morgan fingerprint density at radius 3 is 2.21 bits per heavy atom. The van der Waals surface area contributed by atoms with Crippen molar-refractivity contribution >= 4 is 33.0 Å². The molecular weight excluding hydrogens is 272 g/mol. The molecule has 0 aliphatic carbocycles. The molecule has 0 nitrogen and oxygen atoms in total. The Labute approximate surface area is 122 Å². The van der Waals surface area contributed by atoms with Crippen molar-refractivity contribution in [2.24, 2.45) is 0 Å². The standard InChI is InChI=1S/C17H15ClS/c1-10-8-11(2)15(12(3)9-10)16-13-6-4-5-7-14(13)19-17(16)18/h4-9H,1-3H3. The Kier molecular flexibility index (Phi) is 3.12. The molecule has 2 heteroatoms. The predicted octanol–water partition coefficient (Wildman–Crippen LogP) is 6.15. The van der Waals surface area contributed by atoms with E-state index in [1.165, 1.54) is 37.9 Å². The van der Waals surface area contributed by atoms with E-state index in [1.54, 1.807) is 11.3 Å². The van der Waals surface area contributed by atoms with Crippen LogP contribution in [0, 0.1) is 20.8 Å². The minimum atomic E-state index is 0.885. The summed E-state index contributed by atoms with van der Waals surface area (Å²) in [6.07, 6.45) is 0. The molecule has 96 valence electrons. The molecule has 0 atom stereocenters. The number of aryl methyl sites for hydroxylation is 3. The molecule has 0 bridgehead atoms. The summed E-state index contributed by atoms with van der Waals surface area (Å²) in [5.74, 6) is 0. The number of hydrogen-bond donors (Lipinski definition) is 0. The van der Waals surface area contributed by atoms with Crippen LogP contribution in [0.4, 0.5) is 0 Å². The van der Waals surface area contributed by atoms with Crippen LogP contribution in [0.1, 0.15) is 16.7 Å². The van der Waals surface area contributed by atoms with Gasteiger partial charge in [0.2, 0.25) is 0 Å². The summed E-state index contributed by atoms with van der Waals surface area (Å²) in [5, 5.41) is 1.26. The van der Waals surface area contributed by atoms with E-state index in [9.17, 15) is 0 Å². The third-order valence-corrected chi connectivity index (χ3v) is 4.86. The highest BCUT2D eigenvalue weighted by molar-refractivity contribution is 7.23. The van der Waals surface area contributed by atoms with Gasteiger partial charge in [0.25, 0.3) is 0 Å². The van der Waals surface area contributed by atoms with Gasteiger partial charge in [-0.05, 0) is 43.5 Å². The molecule has 3 rings (SSSR count). The molecule has 1 aromatic heterocycles. The summed E-state index contributed by atoms with van der Waals surface area (Å²) in [5.41, 5.74) is 6.37. The van der Waals surface area contributed by atoms with Crippen LogP contribution in [0.2, 0.25) is 4.34 Å². The van der Waals surface area contributed by atoms with Crippen LogP contribution < -0.4 is 0 Å². The summed E-state index contributed by atoms with van der Waals surface area (Å²) in [6, 6.07) is 12.9. The Morgan fingerprint density at radius 2 is 1.53 bits per heavy atom. The molecule has 0 N–H and O–H groups in total. The highest BCUT2D eigenvalue weighted by Gasteiger charge is 2.16. The van der Waals surface area contributed by atoms with Crippen molar-refractivity contribution in [2.45, 2.75) is 20.8 Å². The SMILES string of the molecule is Cc1cc(C)c(-c2c(Cl)sc3ccccc23)c(C)c1. The molecule has 0 aliphatic rings. The second kappa shape index (κ2) is 4.66. The number of benzene rings is 2. The number of fused-ring (bicyclic) bond motifs is 1. The maximum atomic E-state index is 6.50. The summed E-state index contributed by atoms with van der Waals surface area (Å²) in [7, 11) is 0. The van der Waals surface area contributed by atoms with Crippen LogP contribution in [0.3, 0.4) is 0 Å². The van der Waals surface area contributed by atoms with Gasteiger partial charge in [-0.15, -0.1) is 11.3 Å². The Bertz CT molecular complexity index is 745. The normalized spacial score (nSPS) is 11.2. The molecule has 0 spiro atoms. The fourth-order valence-electron chi connectivity index (χ4n) is 2.82. The highest BCUT2D eigenvalue weighted by Crippen LogP contribution is 2.44. The predicted molar refractivity (Wildman–Crippen MR) is 86.5 cm³/mol. The fourth-order valence-corrected chi connectivity index (χ4v) is 4.20. The fraction of sp³-hybridized carbons (Fsp3) is 0.176. The van der Waals surface area contributed by atoms with Crippen molar-refractivity contribution in [2.75, 3.05) is 0 Å². The van der Waals surface area contributed by atoms with Crippen molar-refractivity contribution in [3.8, 4) is 11.1 Å². The van der Waals surface area contributed by atoms with Gasteiger partial charge in [-0.2, -0.15) is 0 Å². The summed E-state index contributed by atoms with van der Waals surface area (Å²) in [4.78, 5) is 0. The average molecular weight is 287 g/mol. The highest BCUT2D eigenvalue weighted by atomic mass is 35.5. The molecule has 3 aromatic rings. The first kappa shape index (κ1) is 12.7. The van der Waals surface area contributed by atoms with Crippen molar-refractivity contribution in [1.29, 1.82) is 0 Å². The first-order chi connectivity index (χ1) is 9.08. The molecule has 1 heterocycles. The molecule has 19 heavy (non-hydrogen) atoms. The molecule has 0 saturated carbocycles. The largest absolute Gasteiger partial charge is 0.123 e. The van der Waals surface area contributed by atoms with Crippen molar-refractivity contribution in [3.05, 3.63) is 57.4 Å². The van der Waals surface area contributed by atoms with Crippen LogP contribution in [0.15, 0.2) is 36.4 Å². The molecule has 0 fully saturated rings.